The minimum atomic E-state index is -1.42. The van der Waals surface area contributed by atoms with Crippen molar-refractivity contribution in [2.75, 3.05) is 6.61 Å². The van der Waals surface area contributed by atoms with E-state index >= 15 is 0 Å². The lowest BCUT2D eigenvalue weighted by atomic mass is 10.1. The average molecular weight is 304 g/mol. The number of rotatable bonds is 10. The normalized spacial score (nSPS) is 28.8. The zero-order valence-electron chi connectivity index (χ0n) is 12.7. The van der Waals surface area contributed by atoms with Crippen LogP contribution < -0.4 is 0 Å². The minimum Gasteiger partial charge on any atom is -0.463 e. The number of unbranched alkanes of at least 4 members (excludes halogenated alkanes) is 6. The highest BCUT2D eigenvalue weighted by Crippen LogP contribution is 2.20. The van der Waals surface area contributed by atoms with Crippen molar-refractivity contribution in [3.8, 4) is 0 Å². The van der Waals surface area contributed by atoms with Gasteiger partial charge in [-0.15, -0.1) is 0 Å². The molecule has 1 aliphatic heterocycles. The highest BCUT2D eigenvalue weighted by Gasteiger charge is 2.42. The van der Waals surface area contributed by atoms with Crippen molar-refractivity contribution in [1.82, 2.24) is 0 Å². The summed E-state index contributed by atoms with van der Waals surface area (Å²) in [7, 11) is 0. The molecule has 3 N–H and O–H groups in total. The lowest BCUT2D eigenvalue weighted by Gasteiger charge is -2.14. The Labute approximate surface area is 126 Å². The molecule has 0 aromatic carbocycles. The second-order valence-corrected chi connectivity index (χ2v) is 5.60. The van der Waals surface area contributed by atoms with Crippen LogP contribution in [0.1, 0.15) is 58.3 Å². The van der Waals surface area contributed by atoms with Crippen molar-refractivity contribution in [3.63, 3.8) is 0 Å². The second-order valence-electron chi connectivity index (χ2n) is 5.60. The molecule has 0 aliphatic carbocycles. The molecule has 0 unspecified atom stereocenters. The van der Waals surface area contributed by atoms with Gasteiger partial charge in [-0.25, -0.2) is 0 Å². The van der Waals surface area contributed by atoms with Crippen LogP contribution in [0.2, 0.25) is 0 Å². The van der Waals surface area contributed by atoms with Gasteiger partial charge in [0.05, 0.1) is 0 Å². The van der Waals surface area contributed by atoms with E-state index in [-0.39, 0.29) is 12.6 Å². The number of carbonyl (C=O) groups excluding carboxylic acids is 1. The Kier molecular flexibility index (Phi) is 8.84. The molecule has 1 saturated heterocycles. The van der Waals surface area contributed by atoms with Gasteiger partial charge >= 0.3 is 5.97 Å². The van der Waals surface area contributed by atoms with Crippen molar-refractivity contribution < 1.29 is 29.6 Å². The van der Waals surface area contributed by atoms with Crippen LogP contribution in [0.15, 0.2) is 0 Å². The van der Waals surface area contributed by atoms with E-state index in [1.807, 2.05) is 0 Å². The van der Waals surface area contributed by atoms with E-state index < -0.39 is 24.6 Å². The third-order valence-electron chi connectivity index (χ3n) is 3.73. The van der Waals surface area contributed by atoms with Crippen molar-refractivity contribution in [3.05, 3.63) is 0 Å². The Balaban J connectivity index is 2.02. The molecule has 4 atom stereocenters. The summed E-state index contributed by atoms with van der Waals surface area (Å²) in [4.78, 5) is 11.5. The summed E-state index contributed by atoms with van der Waals surface area (Å²) in [5, 5.41) is 28.0. The van der Waals surface area contributed by atoms with Crippen LogP contribution >= 0.6 is 0 Å². The molecule has 0 saturated carbocycles. The molecule has 6 nitrogen and oxygen atoms in total. The molecule has 0 aromatic heterocycles. The Morgan fingerprint density at radius 3 is 2.19 bits per heavy atom. The molecular weight excluding hydrogens is 276 g/mol. The van der Waals surface area contributed by atoms with E-state index in [0.717, 1.165) is 19.3 Å². The largest absolute Gasteiger partial charge is 0.463 e. The quantitative estimate of drug-likeness (QED) is 0.413. The van der Waals surface area contributed by atoms with Crippen LogP contribution in [0.3, 0.4) is 0 Å². The fourth-order valence-corrected chi connectivity index (χ4v) is 2.34. The average Bonchev–Trinajstić information content (AvgIpc) is 2.71. The number of esters is 1. The van der Waals surface area contributed by atoms with E-state index in [0.29, 0.717) is 6.42 Å². The van der Waals surface area contributed by atoms with Gasteiger partial charge in [0, 0.05) is 6.42 Å². The van der Waals surface area contributed by atoms with Gasteiger partial charge in [0.15, 0.2) is 6.29 Å². The molecule has 6 heteroatoms. The van der Waals surface area contributed by atoms with E-state index in [1.165, 1.54) is 25.7 Å². The van der Waals surface area contributed by atoms with Gasteiger partial charge < -0.3 is 24.8 Å². The SMILES string of the molecule is CCCCCCCCCC(=O)OC[C@H]1O[C@H](O)[C@H](O)[C@H]1O. The van der Waals surface area contributed by atoms with Gasteiger partial charge in [-0.3, -0.25) is 4.79 Å². The van der Waals surface area contributed by atoms with Gasteiger partial charge in [0.1, 0.15) is 24.9 Å². The molecule has 21 heavy (non-hydrogen) atoms. The van der Waals surface area contributed by atoms with Crippen molar-refractivity contribution >= 4 is 5.97 Å². The third-order valence-corrected chi connectivity index (χ3v) is 3.73. The van der Waals surface area contributed by atoms with Gasteiger partial charge in [0.25, 0.3) is 0 Å². The zero-order valence-corrected chi connectivity index (χ0v) is 12.7. The number of hydrogen-bond acceptors (Lipinski definition) is 6. The summed E-state index contributed by atoms with van der Waals surface area (Å²) in [5.41, 5.74) is 0. The molecule has 0 bridgehead atoms. The maximum atomic E-state index is 11.5. The van der Waals surface area contributed by atoms with Gasteiger partial charge in [-0.2, -0.15) is 0 Å². The Bertz CT molecular complexity index is 296. The van der Waals surface area contributed by atoms with Crippen LogP contribution in [-0.4, -0.2) is 52.5 Å². The lowest BCUT2D eigenvalue weighted by Crippen LogP contribution is -2.34. The molecule has 0 radical (unpaired) electrons. The maximum Gasteiger partial charge on any atom is 0.305 e. The second kappa shape index (κ2) is 10.1. The van der Waals surface area contributed by atoms with E-state index in [9.17, 15) is 20.1 Å². The molecule has 124 valence electrons. The molecular formula is C15H28O6. The monoisotopic (exact) mass is 304 g/mol. The lowest BCUT2D eigenvalue weighted by molar-refractivity contribution is -0.157. The molecule has 1 aliphatic rings. The summed E-state index contributed by atoms with van der Waals surface area (Å²) < 4.78 is 9.89. The Morgan fingerprint density at radius 1 is 1.00 bits per heavy atom. The smallest absolute Gasteiger partial charge is 0.305 e. The number of carbonyl (C=O) groups is 1. The van der Waals surface area contributed by atoms with Crippen molar-refractivity contribution in [2.24, 2.45) is 0 Å². The number of hydrogen-bond donors (Lipinski definition) is 3. The summed E-state index contributed by atoms with van der Waals surface area (Å²) >= 11 is 0. The topological polar surface area (TPSA) is 96.2 Å². The third kappa shape index (κ3) is 6.74. The van der Waals surface area contributed by atoms with E-state index in [1.54, 1.807) is 0 Å². The first kappa shape index (κ1) is 18.4. The Hall–Kier alpha value is -0.690. The van der Waals surface area contributed by atoms with Gasteiger partial charge in [0.2, 0.25) is 0 Å². The van der Waals surface area contributed by atoms with Crippen molar-refractivity contribution in [1.29, 1.82) is 0 Å². The molecule has 1 rings (SSSR count). The predicted molar refractivity (Wildman–Crippen MR) is 76.5 cm³/mol. The number of aliphatic hydroxyl groups is 3. The minimum absolute atomic E-state index is 0.148. The first-order valence-corrected chi connectivity index (χ1v) is 7.91. The Morgan fingerprint density at radius 2 is 1.62 bits per heavy atom. The first-order valence-electron chi connectivity index (χ1n) is 7.91. The van der Waals surface area contributed by atoms with Gasteiger partial charge in [-0.1, -0.05) is 45.4 Å². The van der Waals surface area contributed by atoms with Crippen molar-refractivity contribution in [2.45, 2.75) is 82.9 Å². The van der Waals surface area contributed by atoms with E-state index in [2.05, 4.69) is 6.92 Å². The summed E-state index contributed by atoms with van der Waals surface area (Å²) in [5.74, 6) is -0.338. The molecule has 0 amide bonds. The van der Waals surface area contributed by atoms with Crippen LogP contribution in [0, 0.1) is 0 Å². The van der Waals surface area contributed by atoms with E-state index in [4.69, 9.17) is 9.47 Å². The summed E-state index contributed by atoms with van der Waals surface area (Å²) in [6.07, 6.45) is 3.38. The standard InChI is InChI=1S/C15H28O6/c1-2-3-4-5-6-7-8-9-12(16)20-10-11-13(17)14(18)15(19)21-11/h11,13-15,17-19H,2-10H2,1H3/t11-,13+,14-,15+/m1/s1. The van der Waals surface area contributed by atoms with Crippen LogP contribution in [0.4, 0.5) is 0 Å². The molecule has 1 fully saturated rings. The fourth-order valence-electron chi connectivity index (χ4n) is 2.34. The van der Waals surface area contributed by atoms with Crippen LogP contribution in [0.25, 0.3) is 0 Å². The highest BCUT2D eigenvalue weighted by molar-refractivity contribution is 5.69. The molecule has 0 aromatic rings. The first-order chi connectivity index (χ1) is 10.1. The predicted octanol–water partition coefficient (Wildman–Crippen LogP) is 1.11. The fraction of sp³-hybridized carbons (Fsp3) is 0.933. The number of ether oxygens (including phenoxy) is 2. The van der Waals surface area contributed by atoms with Gasteiger partial charge in [-0.05, 0) is 6.42 Å². The molecule has 1 heterocycles. The highest BCUT2D eigenvalue weighted by atomic mass is 16.7. The summed E-state index contributed by atoms with van der Waals surface area (Å²) in [6, 6.07) is 0. The molecule has 0 spiro atoms. The zero-order chi connectivity index (χ0) is 15.7. The van der Waals surface area contributed by atoms with Crippen LogP contribution in [-0.2, 0) is 14.3 Å². The maximum absolute atomic E-state index is 11.5. The summed E-state index contributed by atoms with van der Waals surface area (Å²) in [6.45, 7) is 2.03. The number of aliphatic hydroxyl groups excluding tert-OH is 3. The van der Waals surface area contributed by atoms with Crippen LogP contribution in [0.5, 0.6) is 0 Å².